The van der Waals surface area contributed by atoms with Crippen molar-refractivity contribution >= 4 is 23.2 Å². The zero-order valence-electron chi connectivity index (χ0n) is 13.5. The maximum atomic E-state index is 12.5. The van der Waals surface area contributed by atoms with Crippen LogP contribution in [-0.2, 0) is 11.2 Å². The number of nitrogens with one attached hydrogen (secondary N) is 1. The molecule has 0 saturated heterocycles. The van der Waals surface area contributed by atoms with E-state index >= 15 is 0 Å². The topological polar surface area (TPSA) is 49.4 Å². The molecule has 1 aromatic carbocycles. The molecule has 2 rings (SSSR count). The standard InChI is InChI=1S/C18H22N2O2S/c1-3-20(12-11-15-8-5-4-6-9-15)18(22)14(2)19-17(21)16-10-7-13-23-16/h4-10,13-14H,3,11-12H2,1-2H3,(H,19,21). The number of likely N-dealkylation sites (N-methyl/N-ethyl adjacent to an activating group) is 1. The van der Waals surface area contributed by atoms with Crippen LogP contribution in [0.1, 0.15) is 29.1 Å². The first-order chi connectivity index (χ1) is 11.1. The quantitative estimate of drug-likeness (QED) is 0.848. The lowest BCUT2D eigenvalue weighted by molar-refractivity contribution is -0.132. The van der Waals surface area contributed by atoms with Crippen molar-refractivity contribution < 1.29 is 9.59 Å². The van der Waals surface area contributed by atoms with Crippen molar-refractivity contribution in [3.8, 4) is 0 Å². The van der Waals surface area contributed by atoms with Crippen molar-refractivity contribution in [3.05, 3.63) is 58.3 Å². The first-order valence-corrected chi connectivity index (χ1v) is 8.67. The van der Waals surface area contributed by atoms with Crippen molar-refractivity contribution in [1.29, 1.82) is 0 Å². The van der Waals surface area contributed by atoms with E-state index in [0.717, 1.165) is 6.42 Å². The van der Waals surface area contributed by atoms with Crippen LogP contribution in [-0.4, -0.2) is 35.8 Å². The van der Waals surface area contributed by atoms with Crippen LogP contribution in [0, 0.1) is 0 Å². The lowest BCUT2D eigenvalue weighted by Crippen LogP contribution is -2.47. The minimum atomic E-state index is -0.527. The van der Waals surface area contributed by atoms with E-state index in [4.69, 9.17) is 0 Å². The smallest absolute Gasteiger partial charge is 0.261 e. The van der Waals surface area contributed by atoms with E-state index in [0.29, 0.717) is 18.0 Å². The Balaban J connectivity index is 1.89. The highest BCUT2D eigenvalue weighted by Crippen LogP contribution is 2.09. The molecule has 2 amide bonds. The van der Waals surface area contributed by atoms with Gasteiger partial charge in [-0.25, -0.2) is 0 Å². The SMILES string of the molecule is CCN(CCc1ccccc1)C(=O)C(C)NC(=O)c1cccs1. The molecule has 0 spiro atoms. The first kappa shape index (κ1) is 17.2. The molecule has 0 aliphatic rings. The van der Waals surface area contributed by atoms with E-state index in [9.17, 15) is 9.59 Å². The van der Waals surface area contributed by atoms with Crippen molar-refractivity contribution in [1.82, 2.24) is 10.2 Å². The zero-order chi connectivity index (χ0) is 16.7. The second-order valence-electron chi connectivity index (χ2n) is 5.33. The maximum absolute atomic E-state index is 12.5. The second kappa shape index (κ2) is 8.48. The minimum Gasteiger partial charge on any atom is -0.341 e. The molecule has 4 nitrogen and oxygen atoms in total. The summed E-state index contributed by atoms with van der Waals surface area (Å²) in [5.41, 5.74) is 1.20. The summed E-state index contributed by atoms with van der Waals surface area (Å²) in [4.78, 5) is 27.0. The van der Waals surface area contributed by atoms with E-state index in [1.165, 1.54) is 16.9 Å². The van der Waals surface area contributed by atoms with Crippen LogP contribution in [0.5, 0.6) is 0 Å². The van der Waals surface area contributed by atoms with E-state index in [2.05, 4.69) is 17.4 Å². The highest BCUT2D eigenvalue weighted by molar-refractivity contribution is 7.12. The molecule has 0 aliphatic carbocycles. The Morgan fingerprint density at radius 3 is 2.52 bits per heavy atom. The molecule has 0 radical (unpaired) electrons. The molecular formula is C18H22N2O2S. The molecule has 0 fully saturated rings. The lowest BCUT2D eigenvalue weighted by Gasteiger charge is -2.25. The molecule has 0 saturated carbocycles. The van der Waals surface area contributed by atoms with Gasteiger partial charge in [-0.1, -0.05) is 36.4 Å². The van der Waals surface area contributed by atoms with E-state index in [1.54, 1.807) is 17.9 Å². The summed E-state index contributed by atoms with van der Waals surface area (Å²) in [5.74, 6) is -0.242. The lowest BCUT2D eigenvalue weighted by atomic mass is 10.1. The van der Waals surface area contributed by atoms with Crippen LogP contribution >= 0.6 is 11.3 Å². The van der Waals surface area contributed by atoms with Gasteiger partial charge in [0.2, 0.25) is 5.91 Å². The minimum absolute atomic E-state index is 0.0478. The highest BCUT2D eigenvalue weighted by Gasteiger charge is 2.21. The average Bonchev–Trinajstić information content (AvgIpc) is 3.10. The number of benzene rings is 1. The second-order valence-corrected chi connectivity index (χ2v) is 6.27. The van der Waals surface area contributed by atoms with Gasteiger partial charge in [-0.05, 0) is 37.3 Å². The molecular weight excluding hydrogens is 308 g/mol. The summed E-state index contributed by atoms with van der Waals surface area (Å²) in [6.45, 7) is 4.97. The number of nitrogens with zero attached hydrogens (tertiary/aromatic N) is 1. The number of carbonyl (C=O) groups excluding carboxylic acids is 2. The first-order valence-electron chi connectivity index (χ1n) is 7.79. The molecule has 23 heavy (non-hydrogen) atoms. The van der Waals surface area contributed by atoms with Crippen molar-refractivity contribution in [2.75, 3.05) is 13.1 Å². The summed E-state index contributed by atoms with van der Waals surface area (Å²) in [5, 5.41) is 4.62. The summed E-state index contributed by atoms with van der Waals surface area (Å²) in [7, 11) is 0. The van der Waals surface area contributed by atoms with Gasteiger partial charge < -0.3 is 10.2 Å². The molecule has 0 bridgehead atoms. The molecule has 1 atom stereocenters. The predicted molar refractivity (Wildman–Crippen MR) is 93.6 cm³/mol. The van der Waals surface area contributed by atoms with Gasteiger partial charge in [0.15, 0.2) is 0 Å². The van der Waals surface area contributed by atoms with Crippen LogP contribution in [0.3, 0.4) is 0 Å². The van der Waals surface area contributed by atoms with E-state index in [-0.39, 0.29) is 11.8 Å². The van der Waals surface area contributed by atoms with Crippen LogP contribution < -0.4 is 5.32 Å². The Kier molecular flexibility index (Phi) is 6.35. The van der Waals surface area contributed by atoms with Crippen LogP contribution in [0.25, 0.3) is 0 Å². The van der Waals surface area contributed by atoms with Gasteiger partial charge in [0.05, 0.1) is 4.88 Å². The maximum Gasteiger partial charge on any atom is 0.261 e. The van der Waals surface area contributed by atoms with Gasteiger partial charge >= 0.3 is 0 Å². The Morgan fingerprint density at radius 2 is 1.91 bits per heavy atom. The molecule has 122 valence electrons. The normalized spacial score (nSPS) is 11.7. The fourth-order valence-electron chi connectivity index (χ4n) is 2.34. The Bertz CT molecular complexity index is 626. The largest absolute Gasteiger partial charge is 0.341 e. The van der Waals surface area contributed by atoms with E-state index in [1.807, 2.05) is 36.6 Å². The molecule has 5 heteroatoms. The van der Waals surface area contributed by atoms with Gasteiger partial charge in [0, 0.05) is 13.1 Å². The molecule has 2 aromatic rings. The Labute approximate surface area is 141 Å². The summed E-state index contributed by atoms with van der Waals surface area (Å²) < 4.78 is 0. The van der Waals surface area contributed by atoms with Gasteiger partial charge in [-0.15, -0.1) is 11.3 Å². The van der Waals surface area contributed by atoms with Crippen molar-refractivity contribution in [3.63, 3.8) is 0 Å². The van der Waals surface area contributed by atoms with Gasteiger partial charge in [-0.3, -0.25) is 9.59 Å². The third-order valence-electron chi connectivity index (χ3n) is 3.67. The van der Waals surface area contributed by atoms with Gasteiger partial charge in [0.25, 0.3) is 5.91 Å². The number of carbonyl (C=O) groups is 2. The number of hydrogen-bond acceptors (Lipinski definition) is 3. The summed E-state index contributed by atoms with van der Waals surface area (Å²) in [6.07, 6.45) is 0.812. The van der Waals surface area contributed by atoms with Gasteiger partial charge in [0.1, 0.15) is 6.04 Å². The van der Waals surface area contributed by atoms with Crippen molar-refractivity contribution in [2.24, 2.45) is 0 Å². The Morgan fingerprint density at radius 1 is 1.17 bits per heavy atom. The number of thiophene rings is 1. The molecule has 1 unspecified atom stereocenters. The number of hydrogen-bond donors (Lipinski definition) is 1. The van der Waals surface area contributed by atoms with Crippen LogP contribution in [0.15, 0.2) is 47.8 Å². The highest BCUT2D eigenvalue weighted by atomic mass is 32.1. The molecule has 1 heterocycles. The third kappa shape index (κ3) is 4.93. The number of amides is 2. The zero-order valence-corrected chi connectivity index (χ0v) is 14.3. The Hall–Kier alpha value is -2.14. The van der Waals surface area contributed by atoms with Crippen molar-refractivity contribution in [2.45, 2.75) is 26.3 Å². The monoisotopic (exact) mass is 330 g/mol. The summed E-state index contributed by atoms with van der Waals surface area (Å²) in [6, 6.07) is 13.1. The number of rotatable bonds is 7. The predicted octanol–water partition coefficient (Wildman–Crippen LogP) is 2.96. The molecule has 1 aromatic heterocycles. The van der Waals surface area contributed by atoms with Gasteiger partial charge in [-0.2, -0.15) is 0 Å². The summed E-state index contributed by atoms with van der Waals surface area (Å²) >= 11 is 1.37. The molecule has 1 N–H and O–H groups in total. The van der Waals surface area contributed by atoms with E-state index < -0.39 is 6.04 Å². The third-order valence-corrected chi connectivity index (χ3v) is 4.54. The fraction of sp³-hybridized carbons (Fsp3) is 0.333. The van der Waals surface area contributed by atoms with Crippen LogP contribution in [0.4, 0.5) is 0 Å². The fourth-order valence-corrected chi connectivity index (χ4v) is 2.97. The van der Waals surface area contributed by atoms with Crippen LogP contribution in [0.2, 0.25) is 0 Å². The molecule has 0 aliphatic heterocycles. The average molecular weight is 330 g/mol.